The third-order valence-corrected chi connectivity index (χ3v) is 5.44. The zero-order valence-electron chi connectivity index (χ0n) is 18.5. The van der Waals surface area contributed by atoms with Gasteiger partial charge in [0.15, 0.2) is 0 Å². The second-order valence-electron chi connectivity index (χ2n) is 7.50. The van der Waals surface area contributed by atoms with Gasteiger partial charge in [0.2, 0.25) is 0 Å². The first-order valence-electron chi connectivity index (χ1n) is 10.4. The first-order valence-corrected chi connectivity index (χ1v) is 11.2. The molecule has 33 heavy (non-hydrogen) atoms. The second kappa shape index (κ2) is 11.4. The quantitative estimate of drug-likeness (QED) is 0.281. The first kappa shape index (κ1) is 24.2. The van der Waals surface area contributed by atoms with Crippen LogP contribution < -0.4 is 10.6 Å². The summed E-state index contributed by atoms with van der Waals surface area (Å²) < 4.78 is 26.5. The molecule has 0 radical (unpaired) electrons. The zero-order chi connectivity index (χ0) is 23.8. The van der Waals surface area contributed by atoms with Crippen molar-refractivity contribution in [2.24, 2.45) is 0 Å². The largest absolute Gasteiger partial charge is 0.355 e. The summed E-state index contributed by atoms with van der Waals surface area (Å²) in [4.78, 5) is 0. The van der Waals surface area contributed by atoms with Gasteiger partial charge in [-0.3, -0.25) is 0 Å². The lowest BCUT2D eigenvalue weighted by Crippen LogP contribution is -1.93. The number of nitrogens with one attached hydrogen (secondary N) is 2. The van der Waals surface area contributed by atoms with Gasteiger partial charge in [-0.05, 0) is 97.3 Å². The molecule has 0 saturated heterocycles. The zero-order valence-corrected chi connectivity index (χ0v) is 20.1. The van der Waals surface area contributed by atoms with Crippen LogP contribution in [0.3, 0.4) is 0 Å². The monoisotopic (exact) mass is 506 g/mol. The maximum absolute atomic E-state index is 12.8. The van der Waals surface area contributed by atoms with Gasteiger partial charge < -0.3 is 10.6 Å². The maximum atomic E-state index is 12.8. The fraction of sp³-hybridized carbons (Fsp3) is 0.0714. The number of halogens is 3. The molecule has 0 bridgehead atoms. The van der Waals surface area contributed by atoms with Crippen LogP contribution in [0.5, 0.6) is 0 Å². The van der Waals surface area contributed by atoms with Crippen molar-refractivity contribution < 1.29 is 8.78 Å². The lowest BCUT2D eigenvalue weighted by Gasteiger charge is -2.10. The van der Waals surface area contributed by atoms with Gasteiger partial charge in [0.1, 0.15) is 11.6 Å². The molecular weight excluding hydrogens is 482 g/mol. The van der Waals surface area contributed by atoms with Crippen molar-refractivity contribution in [2.45, 2.75) is 13.8 Å². The SMILES string of the molecule is C=Cc1ccc(C)c(Nc2ccc(F)cc2)c1.Cc1ccc(Br)cc1Nc1ccc(F)cc1. The van der Waals surface area contributed by atoms with Crippen molar-refractivity contribution >= 4 is 44.8 Å². The van der Waals surface area contributed by atoms with E-state index in [1.807, 2.05) is 50.2 Å². The number of benzene rings is 4. The van der Waals surface area contributed by atoms with E-state index in [-0.39, 0.29) is 11.6 Å². The summed E-state index contributed by atoms with van der Waals surface area (Å²) in [5.74, 6) is -0.455. The van der Waals surface area contributed by atoms with E-state index in [9.17, 15) is 8.78 Å². The molecule has 0 aliphatic heterocycles. The summed E-state index contributed by atoms with van der Waals surface area (Å²) in [6.45, 7) is 7.80. The summed E-state index contributed by atoms with van der Waals surface area (Å²) in [6.07, 6.45) is 1.80. The first-order chi connectivity index (χ1) is 15.8. The van der Waals surface area contributed by atoms with E-state index in [2.05, 4.69) is 33.1 Å². The molecule has 0 saturated carbocycles. The fourth-order valence-corrected chi connectivity index (χ4v) is 3.37. The maximum Gasteiger partial charge on any atom is 0.123 e. The van der Waals surface area contributed by atoms with Gasteiger partial charge in [-0.1, -0.05) is 46.8 Å². The van der Waals surface area contributed by atoms with Crippen LogP contribution in [0.15, 0.2) is 96.0 Å². The van der Waals surface area contributed by atoms with Gasteiger partial charge in [0.05, 0.1) is 0 Å². The average molecular weight is 507 g/mol. The highest BCUT2D eigenvalue weighted by Gasteiger charge is 2.01. The molecule has 0 fully saturated rings. The van der Waals surface area contributed by atoms with Crippen LogP contribution in [0.2, 0.25) is 0 Å². The van der Waals surface area contributed by atoms with E-state index in [0.29, 0.717) is 0 Å². The van der Waals surface area contributed by atoms with Crippen molar-refractivity contribution in [1.82, 2.24) is 0 Å². The van der Waals surface area contributed by atoms with Crippen LogP contribution in [0, 0.1) is 25.5 Å². The van der Waals surface area contributed by atoms with Crippen molar-refractivity contribution in [2.75, 3.05) is 10.6 Å². The number of aryl methyl sites for hydroxylation is 2. The van der Waals surface area contributed by atoms with Gasteiger partial charge in [0.25, 0.3) is 0 Å². The molecule has 168 valence electrons. The van der Waals surface area contributed by atoms with Gasteiger partial charge >= 0.3 is 0 Å². The van der Waals surface area contributed by atoms with Crippen LogP contribution in [0.25, 0.3) is 6.08 Å². The van der Waals surface area contributed by atoms with E-state index >= 15 is 0 Å². The van der Waals surface area contributed by atoms with E-state index in [1.165, 1.54) is 24.3 Å². The van der Waals surface area contributed by atoms with Crippen molar-refractivity contribution in [3.05, 3.63) is 124 Å². The summed E-state index contributed by atoms with van der Waals surface area (Å²) in [6, 6.07) is 24.7. The van der Waals surface area contributed by atoms with E-state index in [0.717, 1.165) is 43.9 Å². The van der Waals surface area contributed by atoms with Crippen LogP contribution in [0.4, 0.5) is 31.5 Å². The molecular formula is C28H25BrF2N2. The van der Waals surface area contributed by atoms with Crippen molar-refractivity contribution in [3.8, 4) is 0 Å². The normalized spacial score (nSPS) is 10.1. The van der Waals surface area contributed by atoms with Crippen molar-refractivity contribution in [3.63, 3.8) is 0 Å². The molecule has 0 atom stereocenters. The standard InChI is InChI=1S/C15H14FN.C13H11BrFN/c1-3-12-5-4-11(2)15(10-12)17-14-8-6-13(16)7-9-14;1-9-2-3-10(14)8-13(9)16-12-6-4-11(15)5-7-12/h3-10,17H,1H2,2H3;2-8,16H,1H3. The second-order valence-corrected chi connectivity index (χ2v) is 8.42. The Balaban J connectivity index is 0.000000186. The third-order valence-electron chi connectivity index (χ3n) is 4.94. The Labute approximate surface area is 202 Å². The molecule has 0 heterocycles. The van der Waals surface area contributed by atoms with Crippen LogP contribution in [-0.2, 0) is 0 Å². The molecule has 0 aliphatic carbocycles. The van der Waals surface area contributed by atoms with Gasteiger partial charge in [-0.2, -0.15) is 0 Å². The highest BCUT2D eigenvalue weighted by Crippen LogP contribution is 2.25. The number of anilines is 4. The minimum atomic E-state index is -0.230. The molecule has 0 unspecified atom stereocenters. The molecule has 5 heteroatoms. The van der Waals surface area contributed by atoms with E-state index in [1.54, 1.807) is 30.3 Å². The van der Waals surface area contributed by atoms with E-state index in [4.69, 9.17) is 0 Å². The Bertz CT molecular complexity index is 1220. The Morgan fingerprint density at radius 2 is 1.12 bits per heavy atom. The van der Waals surface area contributed by atoms with Crippen LogP contribution in [0.1, 0.15) is 16.7 Å². The Kier molecular flexibility index (Phi) is 8.39. The topological polar surface area (TPSA) is 24.1 Å². The Morgan fingerprint density at radius 3 is 1.61 bits per heavy atom. The molecule has 4 aromatic rings. The molecule has 4 rings (SSSR count). The third kappa shape index (κ3) is 7.29. The number of rotatable bonds is 5. The lowest BCUT2D eigenvalue weighted by atomic mass is 10.1. The predicted octanol–water partition coefficient (Wildman–Crippen LogP) is 9.16. The van der Waals surface area contributed by atoms with E-state index < -0.39 is 0 Å². The average Bonchev–Trinajstić information content (AvgIpc) is 2.81. The Morgan fingerprint density at radius 1 is 0.667 bits per heavy atom. The van der Waals surface area contributed by atoms with Gasteiger partial charge in [0, 0.05) is 27.2 Å². The van der Waals surface area contributed by atoms with Gasteiger partial charge in [-0.15, -0.1) is 0 Å². The smallest absolute Gasteiger partial charge is 0.123 e. The number of hydrogen-bond donors (Lipinski definition) is 2. The number of hydrogen-bond acceptors (Lipinski definition) is 2. The summed E-state index contributed by atoms with van der Waals surface area (Å²) in [5.41, 5.74) is 7.11. The Hall–Kier alpha value is -3.44. The minimum Gasteiger partial charge on any atom is -0.355 e. The molecule has 2 N–H and O–H groups in total. The highest BCUT2D eigenvalue weighted by molar-refractivity contribution is 9.10. The molecule has 0 spiro atoms. The summed E-state index contributed by atoms with van der Waals surface area (Å²) in [7, 11) is 0. The van der Waals surface area contributed by atoms with Crippen LogP contribution in [-0.4, -0.2) is 0 Å². The fourth-order valence-electron chi connectivity index (χ4n) is 3.01. The van der Waals surface area contributed by atoms with Crippen molar-refractivity contribution in [1.29, 1.82) is 0 Å². The summed E-state index contributed by atoms with van der Waals surface area (Å²) >= 11 is 3.42. The lowest BCUT2D eigenvalue weighted by molar-refractivity contribution is 0.627. The molecule has 4 aromatic carbocycles. The molecule has 0 aromatic heterocycles. The molecule has 2 nitrogen and oxygen atoms in total. The van der Waals surface area contributed by atoms with Gasteiger partial charge in [-0.25, -0.2) is 8.78 Å². The highest BCUT2D eigenvalue weighted by atomic mass is 79.9. The summed E-state index contributed by atoms with van der Waals surface area (Å²) in [5, 5.41) is 6.50. The predicted molar refractivity (Wildman–Crippen MR) is 140 cm³/mol. The van der Waals surface area contributed by atoms with Crippen LogP contribution >= 0.6 is 15.9 Å². The minimum absolute atomic E-state index is 0.225. The molecule has 0 amide bonds. The molecule has 0 aliphatic rings.